The van der Waals surface area contributed by atoms with Gasteiger partial charge in [0, 0.05) is 17.9 Å². The van der Waals surface area contributed by atoms with Gasteiger partial charge in [-0.25, -0.2) is 0 Å². The second-order valence-corrected chi connectivity index (χ2v) is 13.5. The second-order valence-electron chi connectivity index (χ2n) is 13.5. The minimum Gasteiger partial charge on any atom is -0.498 e. The van der Waals surface area contributed by atoms with Crippen molar-refractivity contribution in [3.05, 3.63) is 87.9 Å². The molecule has 0 saturated carbocycles. The highest BCUT2D eigenvalue weighted by molar-refractivity contribution is 5.87. The maximum absolute atomic E-state index is 6.49. The number of unbranched alkanes of at least 4 members (excludes halogenated alkanes) is 10. The summed E-state index contributed by atoms with van der Waals surface area (Å²) in [4.78, 5) is 0. The standard InChI is InChI=1S/C41H56O2/c1-5-7-9-11-13-15-24-42-34-27-33(28-35(29-34)43-25-16-14-12-10-8-6-2)30-41-23-17-18-36-32(4)20-22-38(40(36)41)37-21-19-31(3)26-39(37)41/h17-22,26-27,29,33H,5-16,23-25,28,30H2,1-4H3. The van der Waals surface area contributed by atoms with Crippen LogP contribution in [0.2, 0.25) is 0 Å². The van der Waals surface area contributed by atoms with Crippen LogP contribution in [0.3, 0.4) is 0 Å². The Hall–Kier alpha value is -2.74. The minimum absolute atomic E-state index is 0.0000713. The minimum atomic E-state index is 0.0000713. The van der Waals surface area contributed by atoms with Crippen molar-refractivity contribution in [1.29, 1.82) is 0 Å². The highest BCUT2D eigenvalue weighted by Gasteiger charge is 2.46. The van der Waals surface area contributed by atoms with Crippen LogP contribution in [0.4, 0.5) is 0 Å². The van der Waals surface area contributed by atoms with Crippen LogP contribution in [0.15, 0.2) is 60.1 Å². The fraction of sp³-hybridized carbons (Fsp3) is 0.561. The molecule has 2 heteroatoms. The van der Waals surface area contributed by atoms with E-state index in [0.717, 1.165) is 56.8 Å². The van der Waals surface area contributed by atoms with E-state index in [1.807, 2.05) is 0 Å². The van der Waals surface area contributed by atoms with Gasteiger partial charge >= 0.3 is 0 Å². The van der Waals surface area contributed by atoms with Crippen LogP contribution in [-0.4, -0.2) is 13.2 Å². The van der Waals surface area contributed by atoms with E-state index in [2.05, 4.69) is 82.3 Å². The summed E-state index contributed by atoms with van der Waals surface area (Å²) in [6.07, 6.45) is 28.0. The quantitative estimate of drug-likeness (QED) is 0.163. The van der Waals surface area contributed by atoms with Gasteiger partial charge in [-0.2, -0.15) is 0 Å². The summed E-state index contributed by atoms with van der Waals surface area (Å²) in [6, 6.07) is 11.8. The molecule has 0 amide bonds. The molecule has 2 aromatic carbocycles. The third kappa shape index (κ3) is 7.50. The molecular weight excluding hydrogens is 524 g/mol. The molecule has 0 fully saturated rings. The summed E-state index contributed by atoms with van der Waals surface area (Å²) in [7, 11) is 0. The van der Waals surface area contributed by atoms with Gasteiger partial charge in [0.25, 0.3) is 0 Å². The molecule has 3 aliphatic rings. The molecule has 0 bridgehead atoms. The third-order valence-corrected chi connectivity index (χ3v) is 10.0. The van der Waals surface area contributed by atoms with Crippen molar-refractivity contribution in [3.8, 4) is 11.1 Å². The summed E-state index contributed by atoms with van der Waals surface area (Å²) in [5, 5.41) is 0. The summed E-state index contributed by atoms with van der Waals surface area (Å²) in [6.45, 7) is 10.7. The van der Waals surface area contributed by atoms with E-state index in [4.69, 9.17) is 9.47 Å². The molecule has 232 valence electrons. The Bertz CT molecular complexity index is 1310. The van der Waals surface area contributed by atoms with Crippen molar-refractivity contribution in [2.24, 2.45) is 5.92 Å². The predicted molar refractivity (Wildman–Crippen MR) is 183 cm³/mol. The molecule has 0 saturated heterocycles. The highest BCUT2D eigenvalue weighted by atomic mass is 16.5. The van der Waals surface area contributed by atoms with Gasteiger partial charge in [-0.3, -0.25) is 0 Å². The molecule has 0 N–H and O–H groups in total. The monoisotopic (exact) mass is 580 g/mol. The highest BCUT2D eigenvalue weighted by Crippen LogP contribution is 2.58. The Morgan fingerprint density at radius 3 is 2.19 bits per heavy atom. The van der Waals surface area contributed by atoms with Crippen LogP contribution < -0.4 is 0 Å². The van der Waals surface area contributed by atoms with Gasteiger partial charge in [0.15, 0.2) is 0 Å². The Morgan fingerprint density at radius 1 is 0.767 bits per heavy atom. The normalized spacial score (nSPS) is 20.0. The van der Waals surface area contributed by atoms with Gasteiger partial charge in [-0.15, -0.1) is 0 Å². The second kappa shape index (κ2) is 15.3. The van der Waals surface area contributed by atoms with Crippen molar-refractivity contribution in [1.82, 2.24) is 0 Å². The average molecular weight is 581 g/mol. The van der Waals surface area contributed by atoms with Crippen LogP contribution in [0.5, 0.6) is 0 Å². The van der Waals surface area contributed by atoms with Crippen LogP contribution >= 0.6 is 0 Å². The summed E-state index contributed by atoms with van der Waals surface area (Å²) >= 11 is 0. The molecule has 0 heterocycles. The van der Waals surface area contributed by atoms with E-state index < -0.39 is 0 Å². The zero-order chi connectivity index (χ0) is 30.1. The van der Waals surface area contributed by atoms with Gasteiger partial charge in [-0.05, 0) is 84.9 Å². The molecular formula is C41H56O2. The zero-order valence-electron chi connectivity index (χ0n) is 27.6. The van der Waals surface area contributed by atoms with E-state index >= 15 is 0 Å². The molecule has 0 aliphatic heterocycles. The topological polar surface area (TPSA) is 18.5 Å². The van der Waals surface area contributed by atoms with Crippen molar-refractivity contribution >= 4 is 6.08 Å². The van der Waals surface area contributed by atoms with E-state index in [1.165, 1.54) is 97.6 Å². The maximum Gasteiger partial charge on any atom is 0.118 e. The Kier molecular flexibility index (Phi) is 11.3. The fourth-order valence-corrected chi connectivity index (χ4v) is 7.73. The fourth-order valence-electron chi connectivity index (χ4n) is 7.73. The summed E-state index contributed by atoms with van der Waals surface area (Å²) in [5.41, 5.74) is 10.1. The number of hydrogen-bond acceptors (Lipinski definition) is 2. The molecule has 2 aromatic rings. The number of allylic oxidation sites excluding steroid dienone is 4. The Labute approximate surface area is 262 Å². The lowest BCUT2D eigenvalue weighted by atomic mass is 9.65. The van der Waals surface area contributed by atoms with Crippen LogP contribution in [0.25, 0.3) is 17.2 Å². The number of hydrogen-bond donors (Lipinski definition) is 0. The van der Waals surface area contributed by atoms with Crippen molar-refractivity contribution in [3.63, 3.8) is 0 Å². The number of fused-ring (bicyclic) bond motifs is 3. The van der Waals surface area contributed by atoms with Crippen LogP contribution in [0.1, 0.15) is 138 Å². The largest absolute Gasteiger partial charge is 0.498 e. The van der Waals surface area contributed by atoms with Gasteiger partial charge in [-0.1, -0.05) is 126 Å². The molecule has 0 radical (unpaired) electrons. The first-order valence-corrected chi connectivity index (χ1v) is 17.7. The Morgan fingerprint density at radius 2 is 1.44 bits per heavy atom. The molecule has 5 rings (SSSR count). The number of aryl methyl sites for hydroxylation is 2. The van der Waals surface area contributed by atoms with Crippen LogP contribution in [0, 0.1) is 19.8 Å². The van der Waals surface area contributed by atoms with E-state index in [1.54, 1.807) is 5.56 Å². The van der Waals surface area contributed by atoms with Gasteiger partial charge < -0.3 is 9.47 Å². The van der Waals surface area contributed by atoms with E-state index in [9.17, 15) is 0 Å². The van der Waals surface area contributed by atoms with Crippen LogP contribution in [-0.2, 0) is 14.9 Å². The lowest BCUT2D eigenvalue weighted by molar-refractivity contribution is 0.168. The number of rotatable bonds is 18. The third-order valence-electron chi connectivity index (χ3n) is 10.0. The zero-order valence-corrected chi connectivity index (χ0v) is 27.6. The number of benzene rings is 2. The first-order chi connectivity index (χ1) is 21.1. The molecule has 0 spiro atoms. The summed E-state index contributed by atoms with van der Waals surface area (Å²) in [5.74, 6) is 2.52. The summed E-state index contributed by atoms with van der Waals surface area (Å²) < 4.78 is 13.0. The number of ether oxygens (including phenoxy) is 2. The first-order valence-electron chi connectivity index (χ1n) is 17.7. The average Bonchev–Trinajstić information content (AvgIpc) is 3.27. The molecule has 3 aliphatic carbocycles. The Balaban J connectivity index is 1.34. The predicted octanol–water partition coefficient (Wildman–Crippen LogP) is 11.9. The van der Waals surface area contributed by atoms with Crippen molar-refractivity contribution in [2.75, 3.05) is 13.2 Å². The first kappa shape index (κ1) is 31.7. The van der Waals surface area contributed by atoms with E-state index in [-0.39, 0.29) is 5.41 Å². The molecule has 0 aromatic heterocycles. The van der Waals surface area contributed by atoms with Crippen molar-refractivity contribution < 1.29 is 9.47 Å². The molecule has 2 nitrogen and oxygen atoms in total. The lowest BCUT2D eigenvalue weighted by Crippen LogP contribution is -2.31. The van der Waals surface area contributed by atoms with Gasteiger partial charge in [0.2, 0.25) is 0 Å². The molecule has 43 heavy (non-hydrogen) atoms. The SMILES string of the molecule is CCCCCCCCOC1=CC(CC23CC=Cc4c(C)ccc(c42)-c2ccc(C)cc23)CC(OCCCCCCCC)=C1. The molecule has 2 atom stereocenters. The smallest absolute Gasteiger partial charge is 0.118 e. The molecule has 2 unspecified atom stereocenters. The van der Waals surface area contributed by atoms with Gasteiger partial charge in [0.1, 0.15) is 11.5 Å². The van der Waals surface area contributed by atoms with Gasteiger partial charge in [0.05, 0.1) is 13.2 Å². The van der Waals surface area contributed by atoms with E-state index in [0.29, 0.717) is 5.92 Å². The maximum atomic E-state index is 6.49. The lowest BCUT2D eigenvalue weighted by Gasteiger charge is -2.38. The van der Waals surface area contributed by atoms with Crippen molar-refractivity contribution in [2.45, 2.75) is 129 Å².